The van der Waals surface area contributed by atoms with Gasteiger partial charge in [0.05, 0.1) is 6.10 Å². The fourth-order valence-corrected chi connectivity index (χ4v) is 2.60. The van der Waals surface area contributed by atoms with Gasteiger partial charge in [-0.3, -0.25) is 0 Å². The Morgan fingerprint density at radius 2 is 2.11 bits per heavy atom. The van der Waals surface area contributed by atoms with Gasteiger partial charge in [0.2, 0.25) is 0 Å². The zero-order chi connectivity index (χ0) is 13.0. The van der Waals surface area contributed by atoms with Crippen LogP contribution in [-0.2, 0) is 4.74 Å². The Morgan fingerprint density at radius 1 is 1.39 bits per heavy atom. The summed E-state index contributed by atoms with van der Waals surface area (Å²) in [7, 11) is 0. The molecule has 2 rings (SSSR count). The maximum Gasteiger partial charge on any atom is 0.123 e. The van der Waals surface area contributed by atoms with Gasteiger partial charge < -0.3 is 15.6 Å². The van der Waals surface area contributed by atoms with E-state index in [1.807, 2.05) is 6.07 Å². The number of aliphatic hydroxyl groups is 1. The van der Waals surface area contributed by atoms with E-state index in [-0.39, 0.29) is 17.7 Å². The largest absolute Gasteiger partial charge is 0.392 e. The number of hydrogen-bond donors (Lipinski definition) is 2. The van der Waals surface area contributed by atoms with E-state index in [2.05, 4.69) is 0 Å². The average molecular weight is 253 g/mol. The molecule has 3 N–H and O–H groups in total. The molecule has 100 valence electrons. The number of halogens is 1. The van der Waals surface area contributed by atoms with E-state index in [4.69, 9.17) is 10.5 Å². The van der Waals surface area contributed by atoms with E-state index in [9.17, 15) is 9.50 Å². The maximum absolute atomic E-state index is 13.2. The van der Waals surface area contributed by atoms with Gasteiger partial charge >= 0.3 is 0 Å². The van der Waals surface area contributed by atoms with Gasteiger partial charge in [-0.15, -0.1) is 0 Å². The van der Waals surface area contributed by atoms with Crippen LogP contribution in [0, 0.1) is 11.7 Å². The van der Waals surface area contributed by atoms with Crippen LogP contribution < -0.4 is 5.73 Å². The van der Waals surface area contributed by atoms with Crippen molar-refractivity contribution in [2.45, 2.75) is 24.9 Å². The minimum absolute atomic E-state index is 0.190. The van der Waals surface area contributed by atoms with E-state index in [0.29, 0.717) is 19.8 Å². The van der Waals surface area contributed by atoms with E-state index in [0.717, 1.165) is 18.4 Å². The van der Waals surface area contributed by atoms with Crippen molar-refractivity contribution in [1.82, 2.24) is 0 Å². The summed E-state index contributed by atoms with van der Waals surface area (Å²) in [4.78, 5) is 0. The van der Waals surface area contributed by atoms with Crippen LogP contribution in [0.15, 0.2) is 24.3 Å². The molecule has 2 atom stereocenters. The first-order valence-corrected chi connectivity index (χ1v) is 6.43. The molecule has 0 radical (unpaired) electrons. The molecule has 1 fully saturated rings. The predicted octanol–water partition coefficient (Wildman–Crippen LogP) is 1.66. The molecule has 1 saturated heterocycles. The highest BCUT2D eigenvalue weighted by molar-refractivity contribution is 5.22. The molecule has 2 unspecified atom stereocenters. The summed E-state index contributed by atoms with van der Waals surface area (Å²) in [6, 6.07) is 6.34. The first kappa shape index (κ1) is 13.5. The Morgan fingerprint density at radius 3 is 2.72 bits per heavy atom. The molecular formula is C14H20FNO2. The molecule has 1 aromatic rings. The minimum atomic E-state index is -0.527. The van der Waals surface area contributed by atoms with Crippen LogP contribution in [0.3, 0.4) is 0 Å². The lowest BCUT2D eigenvalue weighted by atomic mass is 9.82. The Labute approximate surface area is 107 Å². The van der Waals surface area contributed by atoms with Crippen LogP contribution in [0.25, 0.3) is 0 Å². The molecule has 1 aliphatic heterocycles. The minimum Gasteiger partial charge on any atom is -0.392 e. The molecule has 0 aromatic heterocycles. The van der Waals surface area contributed by atoms with Gasteiger partial charge in [-0.1, -0.05) is 12.1 Å². The SMILES string of the molecule is NCC(c1cccc(F)c1)C(O)C1CCOCC1. The summed E-state index contributed by atoms with van der Waals surface area (Å²) < 4.78 is 18.5. The van der Waals surface area contributed by atoms with Crippen LogP contribution >= 0.6 is 0 Å². The molecule has 1 heterocycles. The smallest absolute Gasteiger partial charge is 0.123 e. The normalized spacial score (nSPS) is 20.6. The standard InChI is InChI=1S/C14H20FNO2/c15-12-3-1-2-11(8-12)13(9-16)14(17)10-4-6-18-7-5-10/h1-3,8,10,13-14,17H,4-7,9,16H2. The highest BCUT2D eigenvalue weighted by Gasteiger charge is 2.29. The second kappa shape index (κ2) is 6.27. The quantitative estimate of drug-likeness (QED) is 0.858. The lowest BCUT2D eigenvalue weighted by molar-refractivity contribution is -0.00197. The average Bonchev–Trinajstić information content (AvgIpc) is 2.40. The number of aliphatic hydroxyl groups excluding tert-OH is 1. The zero-order valence-corrected chi connectivity index (χ0v) is 10.4. The van der Waals surface area contributed by atoms with Crippen molar-refractivity contribution in [1.29, 1.82) is 0 Å². The number of ether oxygens (including phenoxy) is 1. The zero-order valence-electron chi connectivity index (χ0n) is 10.4. The third kappa shape index (κ3) is 3.07. The Hall–Kier alpha value is -0.970. The summed E-state index contributed by atoms with van der Waals surface area (Å²) in [6.45, 7) is 1.69. The van der Waals surface area contributed by atoms with E-state index < -0.39 is 6.10 Å². The van der Waals surface area contributed by atoms with E-state index in [1.165, 1.54) is 12.1 Å². The van der Waals surface area contributed by atoms with Crippen molar-refractivity contribution in [2.75, 3.05) is 19.8 Å². The third-order valence-electron chi connectivity index (χ3n) is 3.69. The second-order valence-corrected chi connectivity index (χ2v) is 4.84. The second-order valence-electron chi connectivity index (χ2n) is 4.84. The molecule has 0 bridgehead atoms. The molecular weight excluding hydrogens is 233 g/mol. The van der Waals surface area contributed by atoms with Gasteiger partial charge in [-0.25, -0.2) is 4.39 Å². The lowest BCUT2D eigenvalue weighted by Gasteiger charge is -2.32. The van der Waals surface area contributed by atoms with Crippen molar-refractivity contribution >= 4 is 0 Å². The van der Waals surface area contributed by atoms with Gasteiger partial charge in [0, 0.05) is 25.7 Å². The fraction of sp³-hybridized carbons (Fsp3) is 0.571. The third-order valence-corrected chi connectivity index (χ3v) is 3.69. The molecule has 1 aromatic carbocycles. The van der Waals surface area contributed by atoms with Crippen molar-refractivity contribution in [2.24, 2.45) is 11.7 Å². The highest BCUT2D eigenvalue weighted by atomic mass is 19.1. The van der Waals surface area contributed by atoms with Crippen molar-refractivity contribution in [3.8, 4) is 0 Å². The topological polar surface area (TPSA) is 55.5 Å². The first-order chi connectivity index (χ1) is 8.72. The summed E-state index contributed by atoms with van der Waals surface area (Å²) >= 11 is 0. The van der Waals surface area contributed by atoms with E-state index in [1.54, 1.807) is 6.07 Å². The number of benzene rings is 1. The Bertz CT molecular complexity index is 380. The van der Waals surface area contributed by atoms with Gasteiger partial charge in [-0.05, 0) is 36.5 Å². The number of hydrogen-bond acceptors (Lipinski definition) is 3. The van der Waals surface area contributed by atoms with Crippen LogP contribution in [0.2, 0.25) is 0 Å². The van der Waals surface area contributed by atoms with Crippen molar-refractivity contribution in [3.05, 3.63) is 35.6 Å². The number of nitrogens with two attached hydrogens (primary N) is 1. The van der Waals surface area contributed by atoms with Gasteiger partial charge in [0.25, 0.3) is 0 Å². The van der Waals surface area contributed by atoms with E-state index >= 15 is 0 Å². The van der Waals surface area contributed by atoms with Gasteiger partial charge in [0.15, 0.2) is 0 Å². The summed E-state index contributed by atoms with van der Waals surface area (Å²) in [5, 5.41) is 10.4. The van der Waals surface area contributed by atoms with Crippen LogP contribution in [0.1, 0.15) is 24.3 Å². The van der Waals surface area contributed by atoms with Crippen LogP contribution in [0.4, 0.5) is 4.39 Å². The molecule has 3 nitrogen and oxygen atoms in total. The molecule has 0 amide bonds. The lowest BCUT2D eigenvalue weighted by Crippen LogP contribution is -2.35. The Balaban J connectivity index is 2.11. The molecule has 0 spiro atoms. The van der Waals surface area contributed by atoms with Crippen LogP contribution in [0.5, 0.6) is 0 Å². The summed E-state index contributed by atoms with van der Waals surface area (Å²) in [5.41, 5.74) is 6.52. The predicted molar refractivity (Wildman–Crippen MR) is 67.7 cm³/mol. The highest BCUT2D eigenvalue weighted by Crippen LogP contribution is 2.29. The molecule has 18 heavy (non-hydrogen) atoms. The number of rotatable bonds is 4. The first-order valence-electron chi connectivity index (χ1n) is 6.43. The summed E-state index contributed by atoms with van der Waals surface area (Å²) in [6.07, 6.45) is 1.15. The summed E-state index contributed by atoms with van der Waals surface area (Å²) in [5.74, 6) is -0.301. The maximum atomic E-state index is 13.2. The molecule has 1 aliphatic rings. The Kier molecular flexibility index (Phi) is 4.69. The van der Waals surface area contributed by atoms with Gasteiger partial charge in [0.1, 0.15) is 5.82 Å². The molecule has 0 saturated carbocycles. The van der Waals surface area contributed by atoms with Crippen molar-refractivity contribution in [3.63, 3.8) is 0 Å². The van der Waals surface area contributed by atoms with Crippen molar-refractivity contribution < 1.29 is 14.2 Å². The van der Waals surface area contributed by atoms with Gasteiger partial charge in [-0.2, -0.15) is 0 Å². The molecule has 0 aliphatic carbocycles. The molecule has 4 heteroatoms. The fourth-order valence-electron chi connectivity index (χ4n) is 2.60. The monoisotopic (exact) mass is 253 g/mol. The van der Waals surface area contributed by atoms with Crippen LogP contribution in [-0.4, -0.2) is 31.0 Å².